The topological polar surface area (TPSA) is 222 Å². The van der Waals surface area contributed by atoms with E-state index in [0.717, 1.165) is 0 Å². The predicted molar refractivity (Wildman–Crippen MR) is 31.9 cm³/mol. The average molecular weight is 581 g/mol. The van der Waals surface area contributed by atoms with Crippen molar-refractivity contribution in [2.75, 3.05) is 0 Å². The van der Waals surface area contributed by atoms with Gasteiger partial charge in [0, 0.05) is 16.9 Å². The first-order chi connectivity index (χ1) is 5.15. The van der Waals surface area contributed by atoms with E-state index < -0.39 is 22.0 Å². The van der Waals surface area contributed by atoms with Gasteiger partial charge >= 0.3 is 70.9 Å². The fraction of sp³-hybridized carbons (Fsp3) is 0. The summed E-state index contributed by atoms with van der Waals surface area (Å²) < 4.78 is 34.1. The van der Waals surface area contributed by atoms with Gasteiger partial charge in [-0.05, 0) is 0 Å². The van der Waals surface area contributed by atoms with Gasteiger partial charge in [0.05, 0.1) is 5.09 Å². The minimum Gasteiger partial charge on any atom is -1.00 e. The molecule has 0 aromatic carbocycles. The summed E-state index contributed by atoms with van der Waals surface area (Å²) in [6.07, 6.45) is 0. The summed E-state index contributed by atoms with van der Waals surface area (Å²) >= 11 is 0. The summed E-state index contributed by atoms with van der Waals surface area (Å²) in [5.74, 6) is 0. The molecule has 0 aliphatic carbocycles. The number of halogens is 2. The van der Waals surface area contributed by atoms with Crippen LogP contribution in [0.5, 0.6) is 0 Å². The van der Waals surface area contributed by atoms with E-state index in [1.807, 2.05) is 0 Å². The first-order valence-corrected chi connectivity index (χ1v) is 3.02. The molecule has 0 aromatic heterocycles. The Morgan fingerprint density at radius 2 is 1.06 bits per heavy atom. The van der Waals surface area contributed by atoms with E-state index in [4.69, 9.17) is 42.7 Å². The van der Waals surface area contributed by atoms with E-state index in [2.05, 4.69) is 0 Å². The van der Waals surface area contributed by atoms with Crippen LogP contribution >= 0.6 is 0 Å². The van der Waals surface area contributed by atoms with Crippen LogP contribution in [0.25, 0.3) is 0 Å². The summed E-state index contributed by atoms with van der Waals surface area (Å²) in [5, 5.41) is 23.0. The van der Waals surface area contributed by atoms with E-state index in [-0.39, 0.29) is 102 Å². The second-order valence-corrected chi connectivity index (χ2v) is 1.54. The maximum absolute atomic E-state index is 8.52. The molecule has 18 heavy (non-hydrogen) atoms. The second kappa shape index (κ2) is 42.9. The molecule has 0 saturated heterocycles. The minimum atomic E-state index is -5.17. The molecule has 11 nitrogen and oxygen atoms in total. The molecule has 0 aromatic rings. The van der Waals surface area contributed by atoms with E-state index in [9.17, 15) is 0 Å². The molecule has 124 valence electrons. The molecule has 0 fully saturated rings. The molecular formula is CH4Cl2CuErN2NiO9S+. The van der Waals surface area contributed by atoms with E-state index in [1.165, 1.54) is 0 Å². The molecule has 0 aliphatic rings. The van der Waals surface area contributed by atoms with Crippen molar-refractivity contribution in [1.29, 1.82) is 0 Å². The largest absolute Gasteiger partial charge is 3.00 e. The molecule has 0 saturated carbocycles. The fourth-order valence-corrected chi connectivity index (χ4v) is 0. The third-order valence-electron chi connectivity index (χ3n) is 0. The van der Waals surface area contributed by atoms with Gasteiger partial charge in [-0.15, -0.1) is 0 Å². The Morgan fingerprint density at radius 1 is 1.06 bits per heavy atom. The summed E-state index contributed by atoms with van der Waals surface area (Å²) in [5.41, 5.74) is 0. The van der Waals surface area contributed by atoms with Gasteiger partial charge < -0.3 is 65.3 Å². The summed E-state index contributed by atoms with van der Waals surface area (Å²) in [6, 6.07) is 0. The monoisotopic (exact) mass is 577 g/mol. The molecule has 0 heterocycles. The number of rotatable bonds is 0. The Balaban J connectivity index is -0.00000000843. The molecule has 0 unspecified atom stereocenters. The first-order valence-electron chi connectivity index (χ1n) is 1.69. The van der Waals surface area contributed by atoms with Gasteiger partial charge in [-0.2, -0.15) is 0 Å². The van der Waals surface area contributed by atoms with Crippen molar-refractivity contribution in [3.05, 3.63) is 15.3 Å². The third-order valence-corrected chi connectivity index (χ3v) is 0. The van der Waals surface area contributed by atoms with Crippen LogP contribution in [0, 0.1) is 52.6 Å². The van der Waals surface area contributed by atoms with E-state index in [0.29, 0.717) is 0 Å². The zero-order valence-corrected chi connectivity index (χ0v) is 13.6. The maximum Gasteiger partial charge on any atom is 3.00 e. The Labute approximate surface area is 165 Å². The zero-order valence-electron chi connectivity index (χ0n) is 7.48. The third kappa shape index (κ3) is 2580. The zero-order chi connectivity index (χ0) is 10.8. The van der Waals surface area contributed by atoms with Crippen LogP contribution in [0.1, 0.15) is 0 Å². The van der Waals surface area contributed by atoms with Crippen LogP contribution in [0.4, 0.5) is 0 Å². The number of hydrogen-bond donors (Lipinski definition) is 1. The fourth-order valence-electron chi connectivity index (χ4n) is 0. The quantitative estimate of drug-likeness (QED) is 0.0711. The second-order valence-electron chi connectivity index (χ2n) is 0.728. The average Bonchev–Trinajstić information content (AvgIpc) is 1.56. The van der Waals surface area contributed by atoms with Crippen LogP contribution in [0.15, 0.2) is 0 Å². The van der Waals surface area contributed by atoms with Crippen LogP contribution in [-0.4, -0.2) is 29.1 Å². The summed E-state index contributed by atoms with van der Waals surface area (Å²) in [6.45, 7) is -0.500. The van der Waals surface area contributed by atoms with Gasteiger partial charge in [0.25, 0.3) is 0 Å². The molecule has 0 atom stereocenters. The van der Waals surface area contributed by atoms with Crippen molar-refractivity contribution in [1.82, 2.24) is 6.15 Å². The molecule has 0 spiro atoms. The Bertz CT molecular complexity index is 219. The normalized spacial score (nSPS) is 5.22. The van der Waals surface area contributed by atoms with Gasteiger partial charge in [-0.1, -0.05) is 0 Å². The van der Waals surface area contributed by atoms with Crippen LogP contribution < -0.4 is 36.1 Å². The number of carbonyl (C=O) groups excluding carboxylic acids is 1. The van der Waals surface area contributed by atoms with Crippen LogP contribution in [0.3, 0.4) is 0 Å². The maximum atomic E-state index is 8.52. The standard InChI is InChI=1S/CH2O2.2ClH.Cu.Er.NO3.H3N.Ni.H2O4S/c2-1-3;;;;;2-1(3)4;;;1-5(2,3)4/h1H,(H,2,3);2*1H;;;;1H3;;(H2,1,2,3,4)/q;;;+2;+3;-1;;+2;/p-5. The van der Waals surface area contributed by atoms with E-state index >= 15 is 0 Å². The molecule has 0 amide bonds. The van der Waals surface area contributed by atoms with Crippen molar-refractivity contribution in [3.8, 4) is 0 Å². The van der Waals surface area contributed by atoms with Gasteiger partial charge in [0.1, 0.15) is 0 Å². The van der Waals surface area contributed by atoms with Crippen molar-refractivity contribution in [2.45, 2.75) is 0 Å². The molecule has 0 aliphatic heterocycles. The SMILES string of the molecule is N.O=C[O-].O=S(=O)([O-])[O-].O=[N+]([O-])[O-].[Cl-].[Cl-].[Cu+2].[Er+3].[Ni+2]. The van der Waals surface area contributed by atoms with Gasteiger partial charge in [0.15, 0.2) is 0 Å². The molecule has 0 rings (SSSR count). The predicted octanol–water partition coefficient (Wildman–Crippen LogP) is -9.05. The molecular weight excluding hydrogens is 576 g/mol. The van der Waals surface area contributed by atoms with Crippen LogP contribution in [-0.2, 0) is 48.8 Å². The summed E-state index contributed by atoms with van der Waals surface area (Å²) in [7, 11) is -5.17. The number of carboxylic acid groups (broad SMARTS) is 1. The van der Waals surface area contributed by atoms with Gasteiger partial charge in [-0.3, -0.25) is 8.42 Å². The summed E-state index contributed by atoms with van der Waals surface area (Å²) in [4.78, 5) is 16.5. The van der Waals surface area contributed by atoms with Crippen molar-refractivity contribution < 1.29 is 128 Å². The Kier molecular flexibility index (Phi) is 145. The molecule has 2 radical (unpaired) electrons. The first kappa shape index (κ1) is 60.8. The Morgan fingerprint density at radius 3 is 1.06 bits per heavy atom. The van der Waals surface area contributed by atoms with Crippen molar-refractivity contribution >= 4 is 16.9 Å². The molecule has 17 heteroatoms. The van der Waals surface area contributed by atoms with Crippen molar-refractivity contribution in [3.63, 3.8) is 0 Å². The smallest absolute Gasteiger partial charge is 1.00 e. The number of carbonyl (C=O) groups is 1. The minimum absolute atomic E-state index is 0. The van der Waals surface area contributed by atoms with Crippen molar-refractivity contribution in [2.24, 2.45) is 0 Å². The van der Waals surface area contributed by atoms with E-state index in [1.54, 1.807) is 0 Å². The number of nitrogens with zero attached hydrogens (tertiary/aromatic N) is 1. The number of hydrogen-bond acceptors (Lipinski definition) is 10. The van der Waals surface area contributed by atoms with Gasteiger partial charge in [-0.25, -0.2) is 0 Å². The molecule has 3 N–H and O–H groups in total. The van der Waals surface area contributed by atoms with Gasteiger partial charge in [0.2, 0.25) is 0 Å². The Hall–Kier alpha value is 1.34. The molecule has 0 bridgehead atoms. The van der Waals surface area contributed by atoms with Crippen LogP contribution in [0.2, 0.25) is 0 Å².